The van der Waals surface area contributed by atoms with Crippen LogP contribution in [0.4, 0.5) is 5.69 Å². The number of nitrogens with one attached hydrogen (secondary N) is 1. The summed E-state index contributed by atoms with van der Waals surface area (Å²) in [5.74, 6) is 1.33. The maximum Gasteiger partial charge on any atom is 0.133 e. The summed E-state index contributed by atoms with van der Waals surface area (Å²) in [5, 5.41) is 3.38. The summed E-state index contributed by atoms with van der Waals surface area (Å²) in [6, 6.07) is 8.34. The van der Waals surface area contributed by atoms with Gasteiger partial charge in [0.1, 0.15) is 5.78 Å². The molecule has 0 bridgehead atoms. The zero-order valence-corrected chi connectivity index (χ0v) is 11.4. The van der Waals surface area contributed by atoms with E-state index in [9.17, 15) is 4.79 Å². The van der Waals surface area contributed by atoms with Crippen LogP contribution in [0.5, 0.6) is 0 Å². The monoisotopic (exact) mass is 245 g/mol. The second kappa shape index (κ2) is 6.03. The third-order valence-corrected chi connectivity index (χ3v) is 3.77. The Morgan fingerprint density at radius 2 is 2.22 bits per heavy atom. The van der Waals surface area contributed by atoms with Crippen LogP contribution < -0.4 is 5.32 Å². The molecule has 1 aliphatic rings. The molecule has 0 fully saturated rings. The zero-order chi connectivity index (χ0) is 13.0. The first-order valence-electron chi connectivity index (χ1n) is 7.05. The van der Waals surface area contributed by atoms with Crippen molar-refractivity contribution in [2.45, 2.75) is 45.4 Å². The highest BCUT2D eigenvalue weighted by Crippen LogP contribution is 2.33. The third kappa shape index (κ3) is 3.12. The van der Waals surface area contributed by atoms with Crippen LogP contribution in [0.3, 0.4) is 0 Å². The van der Waals surface area contributed by atoms with E-state index in [4.69, 9.17) is 0 Å². The maximum absolute atomic E-state index is 12.1. The van der Waals surface area contributed by atoms with E-state index >= 15 is 0 Å². The smallest absolute Gasteiger partial charge is 0.133 e. The fourth-order valence-electron chi connectivity index (χ4n) is 2.88. The Morgan fingerprint density at radius 1 is 1.44 bits per heavy atom. The summed E-state index contributed by atoms with van der Waals surface area (Å²) in [4.78, 5) is 12.1. The third-order valence-electron chi connectivity index (χ3n) is 3.77. The molecule has 0 aromatic heterocycles. The second-order valence-corrected chi connectivity index (χ2v) is 5.51. The molecule has 1 aromatic carbocycles. The zero-order valence-electron chi connectivity index (χ0n) is 11.4. The van der Waals surface area contributed by atoms with Crippen molar-refractivity contribution in [1.29, 1.82) is 0 Å². The highest BCUT2D eigenvalue weighted by Gasteiger charge is 2.24. The van der Waals surface area contributed by atoms with Gasteiger partial charge in [0.05, 0.1) is 0 Å². The van der Waals surface area contributed by atoms with Gasteiger partial charge in [-0.1, -0.05) is 44.9 Å². The standard InChI is InChI=1S/C16H23NO/c1-3-6-12(2)9-14(18)10-13-11-17-16-8-5-4-7-15(13)16/h4-5,7-8,12-13,17H,3,6,9-11H2,1-2H3. The molecule has 0 amide bonds. The first kappa shape index (κ1) is 13.1. The molecule has 1 aromatic rings. The summed E-state index contributed by atoms with van der Waals surface area (Å²) in [5.41, 5.74) is 2.52. The van der Waals surface area contributed by atoms with E-state index in [0.29, 0.717) is 24.0 Å². The van der Waals surface area contributed by atoms with Gasteiger partial charge in [-0.05, 0) is 17.5 Å². The Kier molecular flexibility index (Phi) is 4.40. The number of hydrogen-bond donors (Lipinski definition) is 1. The average molecular weight is 245 g/mol. The van der Waals surface area contributed by atoms with Crippen LogP contribution in [0.2, 0.25) is 0 Å². The Bertz CT molecular complexity index is 413. The van der Waals surface area contributed by atoms with Crippen molar-refractivity contribution in [2.75, 3.05) is 11.9 Å². The normalized spacial score (nSPS) is 19.1. The van der Waals surface area contributed by atoms with Crippen LogP contribution in [-0.4, -0.2) is 12.3 Å². The van der Waals surface area contributed by atoms with Gasteiger partial charge in [-0.15, -0.1) is 0 Å². The first-order chi connectivity index (χ1) is 8.70. The molecule has 2 atom stereocenters. The van der Waals surface area contributed by atoms with E-state index in [1.165, 1.54) is 17.7 Å². The van der Waals surface area contributed by atoms with E-state index in [1.807, 2.05) is 6.07 Å². The second-order valence-electron chi connectivity index (χ2n) is 5.51. The number of ketones is 1. The van der Waals surface area contributed by atoms with Crippen LogP contribution in [0.1, 0.15) is 51.0 Å². The summed E-state index contributed by atoms with van der Waals surface area (Å²) in [6.45, 7) is 5.27. The first-order valence-corrected chi connectivity index (χ1v) is 7.05. The molecule has 0 radical (unpaired) electrons. The lowest BCUT2D eigenvalue weighted by Crippen LogP contribution is -2.12. The van der Waals surface area contributed by atoms with E-state index in [1.54, 1.807) is 0 Å². The van der Waals surface area contributed by atoms with Gasteiger partial charge in [0.2, 0.25) is 0 Å². The van der Waals surface area contributed by atoms with E-state index < -0.39 is 0 Å². The van der Waals surface area contributed by atoms with Gasteiger partial charge in [0.25, 0.3) is 0 Å². The largest absolute Gasteiger partial charge is 0.384 e. The number of rotatable bonds is 6. The molecule has 0 aliphatic carbocycles. The van der Waals surface area contributed by atoms with E-state index in [2.05, 4.69) is 37.4 Å². The molecule has 2 heteroatoms. The van der Waals surface area contributed by atoms with Crippen molar-refractivity contribution in [2.24, 2.45) is 5.92 Å². The van der Waals surface area contributed by atoms with Gasteiger partial charge in [-0.2, -0.15) is 0 Å². The highest BCUT2D eigenvalue weighted by atomic mass is 16.1. The molecule has 1 heterocycles. The van der Waals surface area contributed by atoms with Crippen molar-refractivity contribution >= 4 is 11.5 Å². The molecular formula is C16H23NO. The van der Waals surface area contributed by atoms with Crippen molar-refractivity contribution in [1.82, 2.24) is 0 Å². The number of hydrogen-bond acceptors (Lipinski definition) is 2. The minimum Gasteiger partial charge on any atom is -0.384 e. The lowest BCUT2D eigenvalue weighted by atomic mass is 9.91. The van der Waals surface area contributed by atoms with Gasteiger partial charge in [-0.25, -0.2) is 0 Å². The Hall–Kier alpha value is -1.31. The summed E-state index contributed by atoms with van der Waals surface area (Å²) >= 11 is 0. The summed E-state index contributed by atoms with van der Waals surface area (Å²) in [7, 11) is 0. The van der Waals surface area contributed by atoms with Crippen molar-refractivity contribution in [3.63, 3.8) is 0 Å². The number of anilines is 1. The predicted molar refractivity (Wildman–Crippen MR) is 76.0 cm³/mol. The van der Waals surface area contributed by atoms with Gasteiger partial charge in [0, 0.05) is 31.0 Å². The molecular weight excluding hydrogens is 222 g/mol. The SMILES string of the molecule is CCCC(C)CC(=O)CC1CNc2ccccc21. The number of benzene rings is 1. The van der Waals surface area contributed by atoms with Gasteiger partial charge in [0.15, 0.2) is 0 Å². The summed E-state index contributed by atoms with van der Waals surface area (Å²) < 4.78 is 0. The number of Topliss-reactive ketones (excluding diaryl/α,β-unsaturated/α-hetero) is 1. The highest BCUT2D eigenvalue weighted by molar-refractivity contribution is 5.80. The minimum atomic E-state index is 0.377. The van der Waals surface area contributed by atoms with Crippen molar-refractivity contribution in [3.05, 3.63) is 29.8 Å². The topological polar surface area (TPSA) is 29.1 Å². The van der Waals surface area contributed by atoms with Crippen LogP contribution in [0.15, 0.2) is 24.3 Å². The number of carbonyl (C=O) groups excluding carboxylic acids is 1. The average Bonchev–Trinajstić information content (AvgIpc) is 2.73. The van der Waals surface area contributed by atoms with E-state index in [0.717, 1.165) is 19.4 Å². The molecule has 98 valence electrons. The molecule has 2 nitrogen and oxygen atoms in total. The molecule has 2 unspecified atom stereocenters. The van der Waals surface area contributed by atoms with Gasteiger partial charge in [-0.3, -0.25) is 4.79 Å². The van der Waals surface area contributed by atoms with Gasteiger partial charge < -0.3 is 5.32 Å². The van der Waals surface area contributed by atoms with Crippen LogP contribution in [-0.2, 0) is 4.79 Å². The molecule has 18 heavy (non-hydrogen) atoms. The number of carbonyl (C=O) groups is 1. The quantitative estimate of drug-likeness (QED) is 0.821. The predicted octanol–water partition coefficient (Wildman–Crippen LogP) is 3.98. The Morgan fingerprint density at radius 3 is 3.00 bits per heavy atom. The van der Waals surface area contributed by atoms with Crippen LogP contribution >= 0.6 is 0 Å². The fourth-order valence-corrected chi connectivity index (χ4v) is 2.88. The molecule has 2 rings (SSSR count). The lowest BCUT2D eigenvalue weighted by molar-refractivity contribution is -0.120. The maximum atomic E-state index is 12.1. The number of fused-ring (bicyclic) bond motifs is 1. The van der Waals surface area contributed by atoms with E-state index in [-0.39, 0.29) is 0 Å². The lowest BCUT2D eigenvalue weighted by Gasteiger charge is -2.12. The van der Waals surface area contributed by atoms with Crippen LogP contribution in [0.25, 0.3) is 0 Å². The number of para-hydroxylation sites is 1. The van der Waals surface area contributed by atoms with Crippen LogP contribution in [0, 0.1) is 5.92 Å². The van der Waals surface area contributed by atoms with Crippen molar-refractivity contribution in [3.8, 4) is 0 Å². The Balaban J connectivity index is 1.89. The molecule has 1 N–H and O–H groups in total. The molecule has 0 saturated carbocycles. The minimum absolute atomic E-state index is 0.377. The van der Waals surface area contributed by atoms with Crippen molar-refractivity contribution < 1.29 is 4.79 Å². The fraction of sp³-hybridized carbons (Fsp3) is 0.562. The molecule has 0 saturated heterocycles. The Labute approximate surface area is 110 Å². The molecule has 1 aliphatic heterocycles. The summed E-state index contributed by atoms with van der Waals surface area (Å²) in [6.07, 6.45) is 3.76. The molecule has 0 spiro atoms. The van der Waals surface area contributed by atoms with Gasteiger partial charge >= 0.3 is 0 Å².